The van der Waals surface area contributed by atoms with E-state index >= 15 is 0 Å². The lowest BCUT2D eigenvalue weighted by atomic mass is 9.72. The van der Waals surface area contributed by atoms with Crippen LogP contribution < -0.4 is 0 Å². The minimum atomic E-state index is -2.49. The van der Waals surface area contributed by atoms with Gasteiger partial charge in [-0.3, -0.25) is 0 Å². The van der Waals surface area contributed by atoms with Gasteiger partial charge in [0, 0.05) is 12.8 Å². The van der Waals surface area contributed by atoms with Crippen LogP contribution in [-0.2, 0) is 0 Å². The molecule has 0 aromatic carbocycles. The van der Waals surface area contributed by atoms with Gasteiger partial charge in [-0.2, -0.15) is 0 Å². The lowest BCUT2D eigenvalue weighted by Gasteiger charge is -2.37. The summed E-state index contributed by atoms with van der Waals surface area (Å²) in [6.07, 6.45) is 7.24. The summed E-state index contributed by atoms with van der Waals surface area (Å²) in [7, 11) is 0. The number of aliphatic hydroxyl groups excluding tert-OH is 1. The van der Waals surface area contributed by atoms with Gasteiger partial charge >= 0.3 is 0 Å². The van der Waals surface area contributed by atoms with Crippen molar-refractivity contribution in [2.24, 2.45) is 11.3 Å². The second-order valence-corrected chi connectivity index (χ2v) is 6.49. The Labute approximate surface area is 109 Å². The first-order valence-corrected chi connectivity index (χ1v) is 7.53. The van der Waals surface area contributed by atoms with Crippen molar-refractivity contribution in [2.75, 3.05) is 0 Å². The van der Waals surface area contributed by atoms with E-state index in [0.717, 1.165) is 25.7 Å². The smallest absolute Gasteiger partial charge is 0.248 e. The highest BCUT2D eigenvalue weighted by Crippen LogP contribution is 2.47. The summed E-state index contributed by atoms with van der Waals surface area (Å²) in [5.41, 5.74) is 0.0345. The maximum Gasteiger partial charge on any atom is 0.248 e. The number of aliphatic hydroxyl groups is 1. The van der Waals surface area contributed by atoms with Crippen LogP contribution in [0.15, 0.2) is 0 Å². The van der Waals surface area contributed by atoms with Crippen molar-refractivity contribution in [3.05, 3.63) is 0 Å². The van der Waals surface area contributed by atoms with E-state index in [4.69, 9.17) is 0 Å². The molecule has 1 nitrogen and oxygen atoms in total. The maximum atomic E-state index is 13.4. The Morgan fingerprint density at radius 2 is 1.83 bits per heavy atom. The van der Waals surface area contributed by atoms with Gasteiger partial charge in [0.05, 0.1) is 6.10 Å². The van der Waals surface area contributed by atoms with Gasteiger partial charge in [0.1, 0.15) is 0 Å². The van der Waals surface area contributed by atoms with Gasteiger partial charge < -0.3 is 5.11 Å². The highest BCUT2D eigenvalue weighted by molar-refractivity contribution is 4.92. The monoisotopic (exact) mass is 260 g/mol. The second-order valence-electron chi connectivity index (χ2n) is 6.49. The summed E-state index contributed by atoms with van der Waals surface area (Å²) in [4.78, 5) is 0. The van der Waals surface area contributed by atoms with Gasteiger partial charge in [-0.15, -0.1) is 0 Å². The highest BCUT2D eigenvalue weighted by atomic mass is 19.3. The molecule has 0 aromatic rings. The predicted octanol–water partition coefficient (Wildman–Crippen LogP) is 4.53. The third kappa shape index (κ3) is 3.04. The predicted molar refractivity (Wildman–Crippen MR) is 68.7 cm³/mol. The van der Waals surface area contributed by atoms with Gasteiger partial charge in [-0.1, -0.05) is 19.8 Å². The minimum Gasteiger partial charge on any atom is -0.393 e. The number of hydrogen-bond donors (Lipinski definition) is 1. The van der Waals surface area contributed by atoms with Crippen LogP contribution in [0.3, 0.4) is 0 Å². The van der Waals surface area contributed by atoms with Crippen LogP contribution >= 0.6 is 0 Å². The molecule has 106 valence electrons. The van der Waals surface area contributed by atoms with Crippen LogP contribution in [0.4, 0.5) is 8.78 Å². The van der Waals surface area contributed by atoms with E-state index < -0.39 is 5.92 Å². The Hall–Kier alpha value is -0.180. The summed E-state index contributed by atoms with van der Waals surface area (Å²) < 4.78 is 26.8. The molecule has 0 aromatic heterocycles. The van der Waals surface area contributed by atoms with Gasteiger partial charge in [-0.25, -0.2) is 8.78 Å². The highest BCUT2D eigenvalue weighted by Gasteiger charge is 2.42. The van der Waals surface area contributed by atoms with Crippen molar-refractivity contribution in [3.8, 4) is 0 Å². The van der Waals surface area contributed by atoms with Crippen molar-refractivity contribution >= 4 is 0 Å². The van der Waals surface area contributed by atoms with Crippen LogP contribution in [0, 0.1) is 11.3 Å². The van der Waals surface area contributed by atoms with Gasteiger partial charge in [0.25, 0.3) is 0 Å². The number of rotatable bonds is 4. The Bertz CT molecular complexity index is 272. The fourth-order valence-electron chi connectivity index (χ4n) is 4.04. The molecule has 0 amide bonds. The second kappa shape index (κ2) is 5.44. The third-order valence-electron chi connectivity index (χ3n) is 5.31. The molecule has 2 atom stereocenters. The summed E-state index contributed by atoms with van der Waals surface area (Å²) in [5.74, 6) is -2.47. The average Bonchev–Trinajstić information content (AvgIpc) is 2.77. The molecule has 18 heavy (non-hydrogen) atoms. The molecule has 0 bridgehead atoms. The minimum absolute atomic E-state index is 0.0101. The largest absolute Gasteiger partial charge is 0.393 e. The van der Waals surface area contributed by atoms with E-state index in [1.54, 1.807) is 0 Å². The first kappa shape index (κ1) is 14.2. The molecule has 1 N–H and O–H groups in total. The third-order valence-corrected chi connectivity index (χ3v) is 5.31. The van der Waals surface area contributed by atoms with Crippen molar-refractivity contribution in [1.82, 2.24) is 0 Å². The topological polar surface area (TPSA) is 20.2 Å². The molecule has 0 saturated heterocycles. The molecule has 0 radical (unpaired) electrons. The molecule has 2 fully saturated rings. The zero-order valence-corrected chi connectivity index (χ0v) is 11.4. The number of alkyl halides is 2. The SMILES string of the molecule is CCC1(C(O)CC2CCCC(F)(F)C2)CCCC1. The fraction of sp³-hybridized carbons (Fsp3) is 1.00. The molecular weight excluding hydrogens is 234 g/mol. The first-order valence-electron chi connectivity index (χ1n) is 7.53. The average molecular weight is 260 g/mol. The Morgan fingerprint density at radius 3 is 2.39 bits per heavy atom. The summed E-state index contributed by atoms with van der Waals surface area (Å²) in [6, 6.07) is 0. The Morgan fingerprint density at radius 1 is 1.17 bits per heavy atom. The Kier molecular flexibility index (Phi) is 4.30. The number of halogens is 2. The Balaban J connectivity index is 1.92. The molecule has 0 spiro atoms. The van der Waals surface area contributed by atoms with Crippen molar-refractivity contribution in [2.45, 2.75) is 83.2 Å². The van der Waals surface area contributed by atoms with Crippen molar-refractivity contribution in [1.29, 1.82) is 0 Å². The van der Waals surface area contributed by atoms with Crippen LogP contribution in [0.1, 0.15) is 71.1 Å². The summed E-state index contributed by atoms with van der Waals surface area (Å²) in [6.45, 7) is 2.13. The first-order chi connectivity index (χ1) is 8.47. The summed E-state index contributed by atoms with van der Waals surface area (Å²) >= 11 is 0. The molecule has 2 unspecified atom stereocenters. The van der Waals surface area contributed by atoms with E-state index in [1.807, 2.05) is 0 Å². The zero-order chi connectivity index (χ0) is 13.2. The summed E-state index contributed by atoms with van der Waals surface area (Å²) in [5, 5.41) is 10.5. The molecule has 2 saturated carbocycles. The van der Waals surface area contributed by atoms with Crippen molar-refractivity contribution < 1.29 is 13.9 Å². The molecule has 3 heteroatoms. The van der Waals surface area contributed by atoms with E-state index in [1.165, 1.54) is 12.8 Å². The maximum absolute atomic E-state index is 13.4. The van der Waals surface area contributed by atoms with Gasteiger partial charge in [0.2, 0.25) is 5.92 Å². The van der Waals surface area contributed by atoms with Crippen LogP contribution in [0.25, 0.3) is 0 Å². The van der Waals surface area contributed by atoms with Gasteiger partial charge in [-0.05, 0) is 49.9 Å². The van der Waals surface area contributed by atoms with Crippen molar-refractivity contribution in [3.63, 3.8) is 0 Å². The van der Waals surface area contributed by atoms with E-state index in [2.05, 4.69) is 6.92 Å². The van der Waals surface area contributed by atoms with E-state index in [9.17, 15) is 13.9 Å². The molecule has 2 aliphatic carbocycles. The molecular formula is C15H26F2O. The van der Waals surface area contributed by atoms with Crippen LogP contribution in [0.2, 0.25) is 0 Å². The molecule has 0 aliphatic heterocycles. The lowest BCUT2D eigenvalue weighted by molar-refractivity contribution is -0.0691. The van der Waals surface area contributed by atoms with E-state index in [-0.39, 0.29) is 30.3 Å². The lowest BCUT2D eigenvalue weighted by Crippen LogP contribution is -2.36. The van der Waals surface area contributed by atoms with Gasteiger partial charge in [0.15, 0.2) is 0 Å². The zero-order valence-electron chi connectivity index (χ0n) is 11.4. The fourth-order valence-corrected chi connectivity index (χ4v) is 4.04. The normalized spacial score (nSPS) is 32.3. The molecule has 2 aliphatic rings. The number of hydrogen-bond acceptors (Lipinski definition) is 1. The van der Waals surface area contributed by atoms with E-state index in [0.29, 0.717) is 12.8 Å². The molecule has 2 rings (SSSR count). The standard InChI is InChI=1S/C15H26F2O/c1-2-14(7-3-4-8-14)13(18)10-12-6-5-9-15(16,17)11-12/h12-13,18H,2-11H2,1H3. The quantitative estimate of drug-likeness (QED) is 0.787. The molecule has 0 heterocycles. The van der Waals surface area contributed by atoms with Crippen LogP contribution in [-0.4, -0.2) is 17.1 Å². The van der Waals surface area contributed by atoms with Crippen LogP contribution in [0.5, 0.6) is 0 Å².